The van der Waals surface area contributed by atoms with E-state index < -0.39 is 6.04 Å². The third-order valence-electron chi connectivity index (χ3n) is 5.34. The molecule has 3 amide bonds. The Morgan fingerprint density at radius 2 is 1.84 bits per heavy atom. The standard InChI is InChI=1S/C18H21N3O4/c22-13-5-7-20(8-6-13)12-1-2-14-11(9-12)10-21(18(14)25)15-3-4-16(23)19-17(15)24/h1-2,9,13,15,22H,3-8,10H2,(H,19,23,24). The van der Waals surface area contributed by atoms with Gasteiger partial charge in [-0.2, -0.15) is 0 Å². The number of benzene rings is 1. The number of imide groups is 1. The predicted molar refractivity (Wildman–Crippen MR) is 89.9 cm³/mol. The second-order valence-corrected chi connectivity index (χ2v) is 6.96. The maximum atomic E-state index is 12.7. The predicted octanol–water partition coefficient (Wildman–Crippen LogP) is 0.409. The minimum atomic E-state index is -0.578. The SMILES string of the molecule is O=C1CCC(N2Cc3cc(N4CCC(O)CC4)ccc3C2=O)C(=O)N1. The quantitative estimate of drug-likeness (QED) is 0.759. The van der Waals surface area contributed by atoms with Gasteiger partial charge < -0.3 is 14.9 Å². The third kappa shape index (κ3) is 2.89. The summed E-state index contributed by atoms with van der Waals surface area (Å²) in [6.45, 7) is 1.99. The van der Waals surface area contributed by atoms with E-state index in [0.717, 1.165) is 37.2 Å². The van der Waals surface area contributed by atoms with Gasteiger partial charge in [0.1, 0.15) is 6.04 Å². The van der Waals surface area contributed by atoms with Crippen LogP contribution in [-0.4, -0.2) is 53.0 Å². The summed E-state index contributed by atoms with van der Waals surface area (Å²) in [5.74, 6) is -0.812. The molecular weight excluding hydrogens is 322 g/mol. The van der Waals surface area contributed by atoms with Gasteiger partial charge in [0.25, 0.3) is 5.91 Å². The van der Waals surface area contributed by atoms with E-state index in [0.29, 0.717) is 18.5 Å². The zero-order valence-electron chi connectivity index (χ0n) is 13.9. The average Bonchev–Trinajstić information content (AvgIpc) is 2.92. The summed E-state index contributed by atoms with van der Waals surface area (Å²) in [5.41, 5.74) is 2.59. The Bertz CT molecular complexity index is 740. The normalized spacial score (nSPS) is 24.5. The molecule has 0 spiro atoms. The monoisotopic (exact) mass is 343 g/mol. The summed E-state index contributed by atoms with van der Waals surface area (Å²) >= 11 is 0. The van der Waals surface area contributed by atoms with Crippen LogP contribution in [-0.2, 0) is 16.1 Å². The lowest BCUT2D eigenvalue weighted by molar-refractivity contribution is -0.136. The molecule has 25 heavy (non-hydrogen) atoms. The molecule has 3 aliphatic rings. The van der Waals surface area contributed by atoms with Gasteiger partial charge in [0, 0.05) is 37.3 Å². The van der Waals surface area contributed by atoms with Gasteiger partial charge in [0.05, 0.1) is 6.10 Å². The van der Waals surface area contributed by atoms with Gasteiger partial charge in [0.15, 0.2) is 0 Å². The maximum Gasteiger partial charge on any atom is 0.255 e. The highest BCUT2D eigenvalue weighted by Crippen LogP contribution is 2.31. The van der Waals surface area contributed by atoms with Crippen LogP contribution in [0.2, 0.25) is 0 Å². The molecule has 2 saturated heterocycles. The molecule has 0 bridgehead atoms. The molecule has 0 radical (unpaired) electrons. The highest BCUT2D eigenvalue weighted by atomic mass is 16.3. The zero-order chi connectivity index (χ0) is 17.6. The van der Waals surface area contributed by atoms with Crippen molar-refractivity contribution in [2.45, 2.75) is 44.4 Å². The van der Waals surface area contributed by atoms with Crippen LogP contribution < -0.4 is 10.2 Å². The summed E-state index contributed by atoms with van der Waals surface area (Å²) in [7, 11) is 0. The number of fused-ring (bicyclic) bond motifs is 1. The molecule has 1 aromatic carbocycles. The Morgan fingerprint density at radius 3 is 2.56 bits per heavy atom. The zero-order valence-corrected chi connectivity index (χ0v) is 13.9. The molecule has 1 aromatic rings. The molecule has 1 atom stereocenters. The van der Waals surface area contributed by atoms with Gasteiger partial charge in [-0.3, -0.25) is 19.7 Å². The number of hydrogen-bond donors (Lipinski definition) is 2. The first-order chi connectivity index (χ1) is 12.0. The minimum Gasteiger partial charge on any atom is -0.393 e. The minimum absolute atomic E-state index is 0.148. The Labute approximate surface area is 145 Å². The van der Waals surface area contributed by atoms with Crippen molar-refractivity contribution in [3.05, 3.63) is 29.3 Å². The average molecular weight is 343 g/mol. The van der Waals surface area contributed by atoms with Crippen LogP contribution >= 0.6 is 0 Å². The Morgan fingerprint density at radius 1 is 1.08 bits per heavy atom. The number of amides is 3. The van der Waals surface area contributed by atoms with Crippen LogP contribution in [0.15, 0.2) is 18.2 Å². The number of rotatable bonds is 2. The number of piperidine rings is 2. The van der Waals surface area contributed by atoms with Gasteiger partial charge in [-0.1, -0.05) is 0 Å². The number of nitrogens with one attached hydrogen (secondary N) is 1. The van der Waals surface area contributed by atoms with Crippen LogP contribution in [0.3, 0.4) is 0 Å². The van der Waals surface area contributed by atoms with Crippen molar-refractivity contribution in [1.29, 1.82) is 0 Å². The molecule has 0 aliphatic carbocycles. The number of carbonyl (C=O) groups is 3. The van der Waals surface area contributed by atoms with Gasteiger partial charge in [0.2, 0.25) is 11.8 Å². The fourth-order valence-corrected chi connectivity index (χ4v) is 3.88. The first-order valence-electron chi connectivity index (χ1n) is 8.73. The number of hydrogen-bond acceptors (Lipinski definition) is 5. The summed E-state index contributed by atoms with van der Waals surface area (Å²) in [6.07, 6.45) is 1.91. The van der Waals surface area contributed by atoms with Crippen molar-refractivity contribution in [2.75, 3.05) is 18.0 Å². The van der Waals surface area contributed by atoms with E-state index in [1.807, 2.05) is 18.2 Å². The first kappa shape index (κ1) is 16.1. The van der Waals surface area contributed by atoms with Crippen LogP contribution in [0.4, 0.5) is 5.69 Å². The van der Waals surface area contributed by atoms with Crippen molar-refractivity contribution >= 4 is 23.4 Å². The smallest absolute Gasteiger partial charge is 0.255 e. The molecule has 7 heteroatoms. The van der Waals surface area contributed by atoms with E-state index in [-0.39, 0.29) is 30.2 Å². The summed E-state index contributed by atoms with van der Waals surface area (Å²) in [4.78, 5) is 39.8. The third-order valence-corrected chi connectivity index (χ3v) is 5.34. The van der Waals surface area contributed by atoms with Crippen molar-refractivity contribution in [3.8, 4) is 0 Å². The molecule has 3 heterocycles. The highest BCUT2D eigenvalue weighted by Gasteiger charge is 2.39. The molecule has 0 aromatic heterocycles. The van der Waals surface area contributed by atoms with E-state index >= 15 is 0 Å². The largest absolute Gasteiger partial charge is 0.393 e. The molecule has 4 rings (SSSR count). The molecule has 0 saturated carbocycles. The fraction of sp³-hybridized carbons (Fsp3) is 0.500. The first-order valence-corrected chi connectivity index (χ1v) is 8.73. The fourth-order valence-electron chi connectivity index (χ4n) is 3.88. The van der Waals surface area contributed by atoms with Crippen molar-refractivity contribution < 1.29 is 19.5 Å². The second kappa shape index (κ2) is 6.15. The van der Waals surface area contributed by atoms with Crippen LogP contribution in [0.25, 0.3) is 0 Å². The van der Waals surface area contributed by atoms with Crippen LogP contribution in [0.5, 0.6) is 0 Å². The van der Waals surface area contributed by atoms with E-state index in [9.17, 15) is 19.5 Å². The van der Waals surface area contributed by atoms with E-state index in [1.54, 1.807) is 4.90 Å². The summed E-state index contributed by atoms with van der Waals surface area (Å²) in [6, 6.07) is 5.19. The Balaban J connectivity index is 1.53. The van der Waals surface area contributed by atoms with Gasteiger partial charge in [-0.15, -0.1) is 0 Å². The molecule has 3 aliphatic heterocycles. The summed E-state index contributed by atoms with van der Waals surface area (Å²) in [5, 5.41) is 12.0. The lowest BCUT2D eigenvalue weighted by Crippen LogP contribution is -2.52. The van der Waals surface area contributed by atoms with Gasteiger partial charge >= 0.3 is 0 Å². The maximum absolute atomic E-state index is 12.7. The molecule has 2 N–H and O–H groups in total. The number of nitrogens with zero attached hydrogens (tertiary/aromatic N) is 2. The molecule has 132 valence electrons. The number of aliphatic hydroxyl groups is 1. The highest BCUT2D eigenvalue weighted by molar-refractivity contribution is 6.05. The van der Waals surface area contributed by atoms with Crippen molar-refractivity contribution in [1.82, 2.24) is 10.2 Å². The number of carbonyl (C=O) groups excluding carboxylic acids is 3. The molecule has 7 nitrogen and oxygen atoms in total. The molecule has 2 fully saturated rings. The van der Waals surface area contributed by atoms with Crippen LogP contribution in [0.1, 0.15) is 41.6 Å². The molecular formula is C18H21N3O4. The molecule has 1 unspecified atom stereocenters. The van der Waals surface area contributed by atoms with Crippen molar-refractivity contribution in [3.63, 3.8) is 0 Å². The van der Waals surface area contributed by atoms with E-state index in [1.165, 1.54) is 0 Å². The Kier molecular flexibility index (Phi) is 3.95. The lowest BCUT2D eigenvalue weighted by atomic mass is 10.0. The Hall–Kier alpha value is -2.41. The van der Waals surface area contributed by atoms with E-state index in [2.05, 4.69) is 10.2 Å². The van der Waals surface area contributed by atoms with Gasteiger partial charge in [-0.05, 0) is 43.0 Å². The van der Waals surface area contributed by atoms with Gasteiger partial charge in [-0.25, -0.2) is 0 Å². The van der Waals surface area contributed by atoms with E-state index in [4.69, 9.17) is 0 Å². The van der Waals surface area contributed by atoms with Crippen LogP contribution in [0, 0.1) is 0 Å². The number of anilines is 1. The second-order valence-electron chi connectivity index (χ2n) is 6.96. The van der Waals surface area contributed by atoms with Crippen molar-refractivity contribution in [2.24, 2.45) is 0 Å². The number of aliphatic hydroxyl groups excluding tert-OH is 1. The lowest BCUT2D eigenvalue weighted by Gasteiger charge is -2.31. The topological polar surface area (TPSA) is 90.0 Å². The summed E-state index contributed by atoms with van der Waals surface area (Å²) < 4.78 is 0.